The zero-order valence-electron chi connectivity index (χ0n) is 11.0. The first-order valence-electron chi connectivity index (χ1n) is 6.14. The number of alkyl halides is 3. The fourth-order valence-electron chi connectivity index (χ4n) is 1.82. The summed E-state index contributed by atoms with van der Waals surface area (Å²) in [4.78, 5) is 12.2. The van der Waals surface area contributed by atoms with Gasteiger partial charge in [-0.15, -0.1) is 5.10 Å². The first-order chi connectivity index (χ1) is 9.84. The molecule has 0 aliphatic heterocycles. The lowest BCUT2D eigenvalue weighted by molar-refractivity contribution is -0.137. The lowest BCUT2D eigenvalue weighted by atomic mass is 10.0. The smallest absolute Gasteiger partial charge is 0.287 e. The molecule has 0 spiro atoms. The van der Waals surface area contributed by atoms with Gasteiger partial charge in [0.1, 0.15) is 11.5 Å². The van der Waals surface area contributed by atoms with Gasteiger partial charge in [-0.3, -0.25) is 4.79 Å². The zero-order chi connectivity index (χ0) is 15.6. The van der Waals surface area contributed by atoms with Crippen LogP contribution in [0.4, 0.5) is 17.6 Å². The number of carbonyl (C=O) groups is 1. The highest BCUT2D eigenvalue weighted by molar-refractivity contribution is 6.08. The van der Waals surface area contributed by atoms with Crippen LogP contribution in [0, 0.1) is 5.82 Å². The molecule has 1 heterocycles. The van der Waals surface area contributed by atoms with E-state index < -0.39 is 28.9 Å². The van der Waals surface area contributed by atoms with Crippen molar-refractivity contribution in [3.8, 4) is 0 Å². The van der Waals surface area contributed by atoms with Crippen LogP contribution >= 0.6 is 0 Å². The molecule has 0 fully saturated rings. The molecule has 21 heavy (non-hydrogen) atoms. The summed E-state index contributed by atoms with van der Waals surface area (Å²) >= 11 is 0. The van der Waals surface area contributed by atoms with Gasteiger partial charge in [0.05, 0.1) is 17.3 Å². The molecule has 0 unspecified atom stereocenters. The summed E-state index contributed by atoms with van der Waals surface area (Å²) in [7, 11) is 0. The molecule has 8 heteroatoms. The third kappa shape index (κ3) is 3.09. The Balaban J connectivity index is 2.45. The molecule has 0 saturated heterocycles. The Morgan fingerprint density at radius 2 is 2.05 bits per heavy atom. The van der Waals surface area contributed by atoms with Crippen molar-refractivity contribution in [2.75, 3.05) is 0 Å². The van der Waals surface area contributed by atoms with Crippen LogP contribution in [0.15, 0.2) is 24.4 Å². The van der Waals surface area contributed by atoms with Gasteiger partial charge in [0.2, 0.25) is 5.78 Å². The molecule has 0 atom stereocenters. The SMILES string of the molecule is CCCn1nncc1C(=O)c1cc(C(F)(F)F)ccc1F. The predicted molar refractivity (Wildman–Crippen MR) is 65.1 cm³/mol. The lowest BCUT2D eigenvalue weighted by Gasteiger charge is -2.09. The van der Waals surface area contributed by atoms with Crippen LogP contribution in [0.5, 0.6) is 0 Å². The Kier molecular flexibility index (Phi) is 4.06. The van der Waals surface area contributed by atoms with E-state index in [1.807, 2.05) is 6.92 Å². The van der Waals surface area contributed by atoms with E-state index in [0.717, 1.165) is 6.20 Å². The molecule has 0 radical (unpaired) electrons. The maximum Gasteiger partial charge on any atom is 0.416 e. The van der Waals surface area contributed by atoms with Crippen molar-refractivity contribution >= 4 is 5.78 Å². The second kappa shape index (κ2) is 5.63. The van der Waals surface area contributed by atoms with Gasteiger partial charge < -0.3 is 0 Å². The van der Waals surface area contributed by atoms with Gasteiger partial charge in [-0.25, -0.2) is 9.07 Å². The maximum absolute atomic E-state index is 13.7. The van der Waals surface area contributed by atoms with E-state index in [-0.39, 0.29) is 5.69 Å². The number of ketones is 1. The molecule has 4 nitrogen and oxygen atoms in total. The number of halogens is 4. The largest absolute Gasteiger partial charge is 0.416 e. The van der Waals surface area contributed by atoms with Gasteiger partial charge in [0.25, 0.3) is 0 Å². The van der Waals surface area contributed by atoms with Crippen LogP contribution in [0.1, 0.15) is 35.0 Å². The molecule has 0 saturated carbocycles. The Bertz CT molecular complexity index is 664. The summed E-state index contributed by atoms with van der Waals surface area (Å²) in [6.07, 6.45) is -2.89. The van der Waals surface area contributed by atoms with Gasteiger partial charge >= 0.3 is 6.18 Å². The van der Waals surface area contributed by atoms with E-state index >= 15 is 0 Å². The Morgan fingerprint density at radius 1 is 1.33 bits per heavy atom. The van der Waals surface area contributed by atoms with E-state index in [2.05, 4.69) is 10.3 Å². The number of rotatable bonds is 4. The minimum Gasteiger partial charge on any atom is -0.287 e. The van der Waals surface area contributed by atoms with E-state index in [1.54, 1.807) is 0 Å². The summed E-state index contributed by atoms with van der Waals surface area (Å²) in [6, 6.07) is 1.72. The summed E-state index contributed by atoms with van der Waals surface area (Å²) in [6.45, 7) is 2.20. The maximum atomic E-state index is 13.7. The molecule has 1 aromatic heterocycles. The van der Waals surface area contributed by atoms with E-state index in [0.29, 0.717) is 31.2 Å². The highest BCUT2D eigenvalue weighted by Gasteiger charge is 2.32. The summed E-state index contributed by atoms with van der Waals surface area (Å²) in [5.41, 5.74) is -1.78. The molecule has 1 aromatic carbocycles. The van der Waals surface area contributed by atoms with Crippen LogP contribution in [0.25, 0.3) is 0 Å². The molecule has 0 aliphatic carbocycles. The standard InChI is InChI=1S/C13H11F4N3O/c1-2-5-20-11(7-18-19-20)12(21)9-6-8(13(15,16)17)3-4-10(9)14/h3-4,6-7H,2,5H2,1H3. The fourth-order valence-corrected chi connectivity index (χ4v) is 1.82. The van der Waals surface area contributed by atoms with Gasteiger partial charge in [0.15, 0.2) is 0 Å². The Hall–Kier alpha value is -2.25. The number of benzene rings is 1. The third-order valence-corrected chi connectivity index (χ3v) is 2.82. The van der Waals surface area contributed by atoms with Crippen molar-refractivity contribution in [2.24, 2.45) is 0 Å². The van der Waals surface area contributed by atoms with Crippen LogP contribution < -0.4 is 0 Å². The molecular weight excluding hydrogens is 290 g/mol. The van der Waals surface area contributed by atoms with Gasteiger partial charge in [-0.1, -0.05) is 12.1 Å². The first kappa shape index (κ1) is 15.1. The molecule has 0 amide bonds. The number of aryl methyl sites for hydroxylation is 1. The molecular formula is C13H11F4N3O. The third-order valence-electron chi connectivity index (χ3n) is 2.82. The number of hydrogen-bond donors (Lipinski definition) is 0. The number of aromatic nitrogens is 3. The normalized spacial score (nSPS) is 11.7. The molecule has 0 bridgehead atoms. The van der Waals surface area contributed by atoms with Crippen molar-refractivity contribution < 1.29 is 22.4 Å². The molecule has 2 rings (SSSR count). The number of hydrogen-bond acceptors (Lipinski definition) is 3. The van der Waals surface area contributed by atoms with Gasteiger partial charge in [-0.05, 0) is 24.6 Å². The minimum atomic E-state index is -4.65. The quantitative estimate of drug-likeness (QED) is 0.644. The van der Waals surface area contributed by atoms with Gasteiger partial charge in [0, 0.05) is 6.54 Å². The topological polar surface area (TPSA) is 47.8 Å². The highest BCUT2D eigenvalue weighted by Crippen LogP contribution is 2.30. The van der Waals surface area contributed by atoms with Crippen molar-refractivity contribution in [1.82, 2.24) is 15.0 Å². The Morgan fingerprint density at radius 3 is 2.67 bits per heavy atom. The van der Waals surface area contributed by atoms with Crippen molar-refractivity contribution in [3.63, 3.8) is 0 Å². The molecule has 2 aromatic rings. The fraction of sp³-hybridized carbons (Fsp3) is 0.308. The van der Waals surface area contributed by atoms with Crippen LogP contribution in [-0.2, 0) is 12.7 Å². The average Bonchev–Trinajstić information content (AvgIpc) is 2.86. The second-order valence-corrected chi connectivity index (χ2v) is 4.36. The second-order valence-electron chi connectivity index (χ2n) is 4.36. The van der Waals surface area contributed by atoms with Crippen LogP contribution in [0.2, 0.25) is 0 Å². The highest BCUT2D eigenvalue weighted by atomic mass is 19.4. The molecule has 0 N–H and O–H groups in total. The summed E-state index contributed by atoms with van der Waals surface area (Å²) < 4.78 is 52.8. The molecule has 112 valence electrons. The number of nitrogens with zero attached hydrogens (tertiary/aromatic N) is 3. The average molecular weight is 301 g/mol. The van der Waals surface area contributed by atoms with E-state index in [4.69, 9.17) is 0 Å². The minimum absolute atomic E-state index is 0.0462. The van der Waals surface area contributed by atoms with Crippen LogP contribution in [-0.4, -0.2) is 20.8 Å². The van der Waals surface area contributed by atoms with Crippen molar-refractivity contribution in [1.29, 1.82) is 0 Å². The lowest BCUT2D eigenvalue weighted by Crippen LogP contribution is -2.14. The van der Waals surface area contributed by atoms with E-state index in [9.17, 15) is 22.4 Å². The molecule has 0 aliphatic rings. The summed E-state index contributed by atoms with van der Waals surface area (Å²) in [5.74, 6) is -1.89. The zero-order valence-corrected chi connectivity index (χ0v) is 11.0. The van der Waals surface area contributed by atoms with E-state index in [1.165, 1.54) is 4.68 Å². The monoisotopic (exact) mass is 301 g/mol. The predicted octanol–water partition coefficient (Wildman–Crippen LogP) is 3.08. The van der Waals surface area contributed by atoms with Crippen molar-refractivity contribution in [3.05, 3.63) is 47.0 Å². The van der Waals surface area contributed by atoms with Gasteiger partial charge in [-0.2, -0.15) is 13.2 Å². The van der Waals surface area contributed by atoms with Crippen molar-refractivity contribution in [2.45, 2.75) is 26.1 Å². The first-order valence-corrected chi connectivity index (χ1v) is 6.14. The van der Waals surface area contributed by atoms with Crippen LogP contribution in [0.3, 0.4) is 0 Å². The Labute approximate surface area is 117 Å². The number of carbonyl (C=O) groups excluding carboxylic acids is 1. The summed E-state index contributed by atoms with van der Waals surface area (Å²) in [5, 5.41) is 7.19.